The minimum atomic E-state index is -4.10. The molecular weight excluding hydrogens is 1240 g/mol. The standard InChI is InChI=1S/C50H74FN7O14S.C3H8S4.C2H6S2.CH4/c1-52-44(49(64)65)16-13-14-24-53-45(59)36-70-31-29-68-27-25-54-46(60)37-71-32-30-69-28-26-55-48(63)39-34-56-50(57-35-39)58-73(66,67)42-21-18-40(19-22-42)72-41-20-23-43(51)38(33-41)15-11-9-7-5-3-2-4-6-8-10-12-17-47(61)62;1-4-6-3-7-5-2;1-3-4-2;/h18-23,33-35,44,52H,2-17,24-32,36-37H2,1H3,(H,53,59)(H,54,60)(H,55,63)(H,61,62)(H,64,65)(H,56,57,58);3H2,1-2H3;1-2H3;1H4/t44-;;;/m0.../s1. The molecule has 0 aliphatic rings. The van der Waals surface area contributed by atoms with Crippen LogP contribution in [0, 0.1) is 5.82 Å². The van der Waals surface area contributed by atoms with E-state index in [1.807, 2.05) is 43.2 Å². The molecule has 7 N–H and O–H groups in total. The van der Waals surface area contributed by atoms with Gasteiger partial charge >= 0.3 is 11.9 Å². The Kier molecular flexibility index (Phi) is 52.0. The SMILES string of the molecule is C.CN[C@@H](CCCCNC(=O)COCCOCCNC(=O)COCCOCCNC(=O)c1cnc(NS(=O)(=O)c2ccc(Oc3ccc(F)c(CCCCCCCCCCCCCC(=O)O)c3)cc2)nc1)C(=O)O.CSSC.CSSCSSC. The molecule has 3 aromatic rings. The van der Waals surface area contributed by atoms with Gasteiger partial charge in [-0.1, -0.05) is 130 Å². The van der Waals surface area contributed by atoms with Crippen molar-refractivity contribution in [2.75, 3.05) is 114 Å². The second-order valence-electron chi connectivity index (χ2n) is 18.0. The molecule has 0 aliphatic heterocycles. The third-order valence-corrected chi connectivity index (χ3v) is 18.6. The lowest BCUT2D eigenvalue weighted by Crippen LogP contribution is -2.34. The van der Waals surface area contributed by atoms with Gasteiger partial charge in [-0.25, -0.2) is 27.5 Å². The third-order valence-electron chi connectivity index (χ3n) is 11.6. The molecule has 29 heteroatoms. The summed E-state index contributed by atoms with van der Waals surface area (Å²) in [5.74, 6) is -2.53. The molecule has 0 saturated heterocycles. The predicted molar refractivity (Wildman–Crippen MR) is 349 cm³/mol. The van der Waals surface area contributed by atoms with E-state index in [-0.39, 0.29) is 114 Å². The Bertz CT molecular complexity index is 2340. The van der Waals surface area contributed by atoms with Gasteiger partial charge in [0, 0.05) is 38.4 Å². The van der Waals surface area contributed by atoms with Gasteiger partial charge in [-0.3, -0.25) is 24.0 Å². The first-order chi connectivity index (χ1) is 40.6. The maximum absolute atomic E-state index is 14.6. The number of nitrogens with zero attached hydrogens (tertiary/aromatic N) is 2. The Balaban J connectivity index is 0.00000535. The van der Waals surface area contributed by atoms with Gasteiger partial charge in [0.25, 0.3) is 15.9 Å². The quantitative estimate of drug-likeness (QED) is 0.0157. The second-order valence-corrected chi connectivity index (χ2v) is 27.8. The number of carboxylic acid groups (broad SMARTS) is 2. The van der Waals surface area contributed by atoms with Crippen LogP contribution in [0.4, 0.5) is 10.3 Å². The van der Waals surface area contributed by atoms with Crippen molar-refractivity contribution in [1.29, 1.82) is 0 Å². The molecule has 3 rings (SSSR count). The Labute approximate surface area is 527 Å². The van der Waals surface area contributed by atoms with Crippen LogP contribution in [0.3, 0.4) is 0 Å². The first-order valence-electron chi connectivity index (χ1n) is 27.6. The number of halogens is 1. The summed E-state index contributed by atoms with van der Waals surface area (Å²) < 4.78 is 70.3. The van der Waals surface area contributed by atoms with Crippen molar-refractivity contribution < 1.29 is 70.7 Å². The molecule has 3 amide bonds. The van der Waals surface area contributed by atoms with Crippen molar-refractivity contribution in [3.63, 3.8) is 0 Å². The fourth-order valence-corrected chi connectivity index (χ4v) is 12.2. The van der Waals surface area contributed by atoms with Crippen LogP contribution < -0.4 is 30.7 Å². The average molecular weight is 1330 g/mol. The van der Waals surface area contributed by atoms with Crippen molar-refractivity contribution in [2.45, 2.75) is 121 Å². The Hall–Kier alpha value is -3.75. The zero-order valence-corrected chi connectivity index (χ0v) is 54.7. The highest BCUT2D eigenvalue weighted by Crippen LogP contribution is 2.29. The summed E-state index contributed by atoms with van der Waals surface area (Å²) in [6, 6.07) is 9.61. The van der Waals surface area contributed by atoms with Gasteiger partial charge < -0.3 is 55.2 Å². The van der Waals surface area contributed by atoms with E-state index in [4.69, 9.17) is 33.9 Å². The third kappa shape index (κ3) is 44.4. The van der Waals surface area contributed by atoms with Gasteiger partial charge in [0.05, 0.1) is 55.2 Å². The number of nitrogens with one attached hydrogen (secondary N) is 5. The second kappa shape index (κ2) is 54.4. The van der Waals surface area contributed by atoms with E-state index < -0.39 is 33.9 Å². The van der Waals surface area contributed by atoms with Crippen LogP contribution in [-0.4, -0.2) is 174 Å². The van der Waals surface area contributed by atoms with Gasteiger partial charge in [-0.05, 0) is 119 Å². The van der Waals surface area contributed by atoms with Gasteiger partial charge in [-0.2, -0.15) is 0 Å². The number of aryl methyl sites for hydroxylation is 1. The van der Waals surface area contributed by atoms with Crippen LogP contribution in [0.5, 0.6) is 11.5 Å². The number of amides is 3. The highest BCUT2D eigenvalue weighted by molar-refractivity contribution is 8.84. The number of carbonyl (C=O) groups is 5. The number of hydrogen-bond donors (Lipinski definition) is 7. The highest BCUT2D eigenvalue weighted by Gasteiger charge is 2.18. The van der Waals surface area contributed by atoms with Crippen molar-refractivity contribution in [3.05, 3.63) is 71.8 Å². The number of likely N-dealkylation sites (N-methyl/N-ethyl adjacent to an activating group) is 1. The molecule has 0 bridgehead atoms. The number of anilines is 1. The fraction of sp³-hybridized carbons (Fsp3) is 0.625. The molecule has 1 aromatic heterocycles. The largest absolute Gasteiger partial charge is 0.481 e. The number of carbonyl (C=O) groups excluding carboxylic acids is 3. The molecule has 0 saturated carbocycles. The van der Waals surface area contributed by atoms with E-state index in [0.29, 0.717) is 49.3 Å². The lowest BCUT2D eigenvalue weighted by Gasteiger charge is -2.11. The van der Waals surface area contributed by atoms with Gasteiger partial charge in [0.15, 0.2) is 0 Å². The number of rotatable bonds is 48. The summed E-state index contributed by atoms with van der Waals surface area (Å²) in [7, 11) is 8.47. The maximum Gasteiger partial charge on any atom is 0.320 e. The topological polar surface area (TPSA) is 292 Å². The van der Waals surface area contributed by atoms with Gasteiger partial charge in [0.2, 0.25) is 17.8 Å². The zero-order valence-electron chi connectivity index (χ0n) is 49.0. The lowest BCUT2D eigenvalue weighted by molar-refractivity contribution is -0.139. The molecule has 0 spiro atoms. The van der Waals surface area contributed by atoms with Crippen molar-refractivity contribution >= 4 is 110 Å². The molecule has 1 atom stereocenters. The predicted octanol–water partition coefficient (Wildman–Crippen LogP) is 10.6. The first kappa shape index (κ1) is 81.2. The number of hydrogen-bond acceptors (Lipinski definition) is 21. The summed E-state index contributed by atoms with van der Waals surface area (Å²) >= 11 is 0. The van der Waals surface area contributed by atoms with E-state index in [1.54, 1.807) is 34.7 Å². The number of ether oxygens (including phenoxy) is 5. The zero-order chi connectivity index (χ0) is 61.9. The van der Waals surface area contributed by atoms with Crippen LogP contribution in [0.25, 0.3) is 0 Å². The summed E-state index contributed by atoms with van der Waals surface area (Å²) in [4.78, 5) is 65.8. The van der Waals surface area contributed by atoms with Crippen molar-refractivity contribution in [3.8, 4) is 11.5 Å². The smallest absolute Gasteiger partial charge is 0.320 e. The van der Waals surface area contributed by atoms with Crippen LogP contribution in [0.1, 0.15) is 120 Å². The molecule has 0 aliphatic carbocycles. The van der Waals surface area contributed by atoms with Crippen LogP contribution in [-0.2, 0) is 54.6 Å². The molecule has 0 unspecified atom stereocenters. The number of aliphatic carboxylic acids is 2. The minimum Gasteiger partial charge on any atom is -0.481 e. The van der Waals surface area contributed by atoms with E-state index in [9.17, 15) is 36.8 Å². The molecule has 484 valence electrons. The summed E-state index contributed by atoms with van der Waals surface area (Å²) in [6.45, 7) is 1.62. The molecule has 0 fully saturated rings. The highest BCUT2D eigenvalue weighted by atomic mass is 33.1. The first-order valence-corrected chi connectivity index (χ1v) is 37.5. The van der Waals surface area contributed by atoms with Gasteiger partial charge in [-0.15, -0.1) is 0 Å². The molecule has 21 nitrogen and oxygen atoms in total. The van der Waals surface area contributed by atoms with E-state index in [2.05, 4.69) is 61.0 Å². The molecule has 85 heavy (non-hydrogen) atoms. The average Bonchev–Trinajstić information content (AvgIpc) is 3.34. The number of aromatic nitrogens is 2. The van der Waals surface area contributed by atoms with E-state index in [0.717, 1.165) is 64.2 Å². The summed E-state index contributed by atoms with van der Waals surface area (Å²) in [5.41, 5.74) is 0.640. The fourth-order valence-electron chi connectivity index (χ4n) is 7.17. The number of carboxylic acids is 2. The molecule has 0 radical (unpaired) electrons. The van der Waals surface area contributed by atoms with Gasteiger partial charge in [0.1, 0.15) is 36.6 Å². The monoisotopic (exact) mass is 1330 g/mol. The maximum atomic E-state index is 14.6. The summed E-state index contributed by atoms with van der Waals surface area (Å²) in [6.07, 6.45) is 24.7. The van der Waals surface area contributed by atoms with Crippen molar-refractivity contribution in [2.24, 2.45) is 0 Å². The number of benzene rings is 2. The molecule has 2 aromatic carbocycles. The number of unbranched alkanes of at least 4 members (excludes halogenated alkanes) is 11. The van der Waals surface area contributed by atoms with Crippen molar-refractivity contribution in [1.82, 2.24) is 31.2 Å². The Morgan fingerprint density at radius 1 is 0.612 bits per heavy atom. The normalized spacial score (nSPS) is 11.2. The Morgan fingerprint density at radius 2 is 1.12 bits per heavy atom. The minimum absolute atomic E-state index is 0. The van der Waals surface area contributed by atoms with E-state index in [1.165, 1.54) is 60.3 Å². The molecule has 1 heterocycles. The van der Waals surface area contributed by atoms with Crippen LogP contribution in [0.15, 0.2) is 59.8 Å². The number of sulfonamides is 1. The van der Waals surface area contributed by atoms with Crippen LogP contribution in [0.2, 0.25) is 0 Å². The van der Waals surface area contributed by atoms with Crippen LogP contribution >= 0.6 is 64.8 Å². The molecular formula is C56H92FN7O14S7. The lowest BCUT2D eigenvalue weighted by atomic mass is 10.0. The Morgan fingerprint density at radius 3 is 1.64 bits per heavy atom. The summed E-state index contributed by atoms with van der Waals surface area (Å²) in [5, 5.41) is 29.6. The van der Waals surface area contributed by atoms with E-state index >= 15 is 0 Å².